The molecule has 0 radical (unpaired) electrons. The molecule has 7 nitrogen and oxygen atoms in total. The summed E-state index contributed by atoms with van der Waals surface area (Å²) in [7, 11) is 1.86. The highest BCUT2D eigenvalue weighted by Crippen LogP contribution is 2.33. The van der Waals surface area contributed by atoms with E-state index in [0.29, 0.717) is 18.0 Å². The van der Waals surface area contributed by atoms with Gasteiger partial charge in [-0.25, -0.2) is 13.5 Å². The maximum atomic E-state index is 14.2. The fraction of sp³-hybridized carbons (Fsp3) is 0.321. The number of likely N-dealkylation sites (tertiary alicyclic amines) is 1. The molecular formula is C28H29BrF2N6OS. The van der Waals surface area contributed by atoms with Crippen LogP contribution in [0.4, 0.5) is 14.5 Å². The zero-order valence-corrected chi connectivity index (χ0v) is 24.1. The van der Waals surface area contributed by atoms with Gasteiger partial charge >= 0.3 is 0 Å². The third-order valence-corrected chi connectivity index (χ3v) is 8.70. The Bertz CT molecular complexity index is 1490. The molecule has 2 aromatic heterocycles. The van der Waals surface area contributed by atoms with Gasteiger partial charge < -0.3 is 10.6 Å². The van der Waals surface area contributed by atoms with Crippen molar-refractivity contribution in [3.63, 3.8) is 0 Å². The number of hydrogen-bond acceptors (Lipinski definition) is 6. The van der Waals surface area contributed by atoms with Gasteiger partial charge in [-0.05, 0) is 77.6 Å². The van der Waals surface area contributed by atoms with Gasteiger partial charge in [-0.3, -0.25) is 9.69 Å². The molecule has 1 unspecified atom stereocenters. The molecule has 1 aliphatic rings. The van der Waals surface area contributed by atoms with Gasteiger partial charge in [0.1, 0.15) is 11.5 Å². The average molecular weight is 616 g/mol. The van der Waals surface area contributed by atoms with Crippen LogP contribution in [0.15, 0.2) is 53.1 Å². The van der Waals surface area contributed by atoms with Crippen LogP contribution in [0, 0.1) is 24.5 Å². The molecule has 39 heavy (non-hydrogen) atoms. The van der Waals surface area contributed by atoms with Gasteiger partial charge in [0.05, 0.1) is 22.9 Å². The van der Waals surface area contributed by atoms with Crippen molar-refractivity contribution in [3.8, 4) is 11.3 Å². The molecular weight excluding hydrogens is 586 g/mol. The minimum Gasteiger partial charge on any atom is -0.396 e. The summed E-state index contributed by atoms with van der Waals surface area (Å²) in [6, 6.07) is 12.9. The van der Waals surface area contributed by atoms with Gasteiger partial charge in [0.25, 0.3) is 5.91 Å². The van der Waals surface area contributed by atoms with Crippen molar-refractivity contribution >= 4 is 38.9 Å². The Labute approximate surface area is 238 Å². The van der Waals surface area contributed by atoms with Crippen molar-refractivity contribution in [2.24, 2.45) is 5.92 Å². The predicted molar refractivity (Wildman–Crippen MR) is 152 cm³/mol. The number of halogens is 3. The van der Waals surface area contributed by atoms with Gasteiger partial charge in [-0.15, -0.1) is 16.4 Å². The van der Waals surface area contributed by atoms with Crippen LogP contribution >= 0.6 is 27.3 Å². The lowest BCUT2D eigenvalue weighted by Crippen LogP contribution is -2.33. The lowest BCUT2D eigenvalue weighted by molar-refractivity contribution is 0.0773. The number of rotatable bonds is 8. The first-order chi connectivity index (χ1) is 18.7. The second-order valence-corrected chi connectivity index (χ2v) is 12.2. The summed E-state index contributed by atoms with van der Waals surface area (Å²) >= 11 is 4.69. The Morgan fingerprint density at radius 1 is 1.21 bits per heavy atom. The van der Waals surface area contributed by atoms with Gasteiger partial charge in [0.15, 0.2) is 5.82 Å². The van der Waals surface area contributed by atoms with E-state index in [4.69, 9.17) is 5.73 Å². The van der Waals surface area contributed by atoms with Crippen molar-refractivity contribution < 1.29 is 13.6 Å². The number of carbonyl (C=O) groups excluding carboxylic acids is 1. The Morgan fingerprint density at radius 3 is 2.69 bits per heavy atom. The zero-order valence-electron chi connectivity index (χ0n) is 21.7. The quantitative estimate of drug-likeness (QED) is 0.207. The summed E-state index contributed by atoms with van der Waals surface area (Å²) in [4.78, 5) is 20.1. The number of nitrogens with two attached hydrogens (primary N) is 1. The lowest BCUT2D eigenvalue weighted by atomic mass is 10.1. The molecule has 2 aromatic carbocycles. The van der Waals surface area contributed by atoms with Crippen LogP contribution in [0.25, 0.3) is 11.3 Å². The molecule has 0 spiro atoms. The number of nitrogen functional groups attached to an aromatic ring is 1. The average Bonchev–Trinajstić information content (AvgIpc) is 3.67. The Morgan fingerprint density at radius 2 is 1.97 bits per heavy atom. The third kappa shape index (κ3) is 6.21. The van der Waals surface area contributed by atoms with Gasteiger partial charge in [0.2, 0.25) is 0 Å². The molecule has 0 bridgehead atoms. The van der Waals surface area contributed by atoms with E-state index in [1.165, 1.54) is 9.75 Å². The van der Waals surface area contributed by atoms with Crippen LogP contribution in [0.3, 0.4) is 0 Å². The molecule has 1 aliphatic heterocycles. The summed E-state index contributed by atoms with van der Waals surface area (Å²) in [6.45, 7) is 6.26. The molecule has 11 heteroatoms. The number of aryl methyl sites for hydroxylation is 1. The van der Waals surface area contributed by atoms with Gasteiger partial charge in [0, 0.05) is 47.6 Å². The van der Waals surface area contributed by atoms with Crippen LogP contribution in [-0.2, 0) is 13.1 Å². The van der Waals surface area contributed by atoms with E-state index in [9.17, 15) is 13.6 Å². The number of anilines is 1. The Kier molecular flexibility index (Phi) is 8.11. The SMILES string of the molecule is Cc1ccc(CN2CCC(CN(C)C(=O)c3ccc(Cn4cc(-c5cc(F)c(Br)c(F)c5N)nn4)cc3)C2)s1. The minimum atomic E-state index is -0.872. The van der Waals surface area contributed by atoms with E-state index in [-0.39, 0.29) is 27.3 Å². The number of benzene rings is 2. The molecule has 1 amide bonds. The topological polar surface area (TPSA) is 80.3 Å². The zero-order chi connectivity index (χ0) is 27.7. The van der Waals surface area contributed by atoms with E-state index in [2.05, 4.69) is 50.2 Å². The van der Waals surface area contributed by atoms with Crippen LogP contribution in [0.1, 0.15) is 32.1 Å². The maximum absolute atomic E-state index is 14.2. The van der Waals surface area contributed by atoms with E-state index >= 15 is 0 Å². The van der Waals surface area contributed by atoms with E-state index < -0.39 is 11.6 Å². The fourth-order valence-electron chi connectivity index (χ4n) is 4.95. The summed E-state index contributed by atoms with van der Waals surface area (Å²) in [5.74, 6) is -1.19. The summed E-state index contributed by atoms with van der Waals surface area (Å²) < 4.78 is 29.4. The molecule has 0 aliphatic carbocycles. The number of aromatic nitrogens is 3. The Hall–Kier alpha value is -3.15. The highest BCUT2D eigenvalue weighted by Gasteiger charge is 2.25. The summed E-state index contributed by atoms with van der Waals surface area (Å²) in [5.41, 5.74) is 7.54. The standard InChI is InChI=1S/C28H29BrF2N6OS/c1-17-3-8-21(39-17)15-36-10-9-19(13-36)12-35(2)28(38)20-6-4-18(5-7-20)14-37-16-24(33-34-37)22-11-23(30)25(29)26(31)27(22)32/h3-8,11,16,19H,9-10,12-15,32H2,1-2H3. The normalized spacial score (nSPS) is 15.7. The van der Waals surface area contributed by atoms with Gasteiger partial charge in [-0.1, -0.05) is 17.3 Å². The molecule has 4 aromatic rings. The molecule has 1 atom stereocenters. The largest absolute Gasteiger partial charge is 0.396 e. The molecule has 2 N–H and O–H groups in total. The molecule has 204 valence electrons. The molecule has 1 fully saturated rings. The van der Waals surface area contributed by atoms with Crippen LogP contribution in [0.2, 0.25) is 0 Å². The maximum Gasteiger partial charge on any atom is 0.253 e. The number of nitrogens with zero attached hydrogens (tertiary/aromatic N) is 5. The van der Waals surface area contributed by atoms with Crippen molar-refractivity contribution in [1.29, 1.82) is 0 Å². The van der Waals surface area contributed by atoms with Crippen molar-refractivity contribution in [1.82, 2.24) is 24.8 Å². The van der Waals surface area contributed by atoms with E-state index in [0.717, 1.165) is 44.2 Å². The predicted octanol–water partition coefficient (Wildman–Crippen LogP) is 5.58. The Balaban J connectivity index is 1.16. The van der Waals surface area contributed by atoms with Crippen molar-refractivity contribution in [2.75, 3.05) is 32.4 Å². The second-order valence-electron chi connectivity index (χ2n) is 10.0. The first-order valence-corrected chi connectivity index (χ1v) is 14.2. The number of thiophene rings is 1. The summed E-state index contributed by atoms with van der Waals surface area (Å²) in [5, 5.41) is 8.09. The molecule has 1 saturated heterocycles. The number of carbonyl (C=O) groups is 1. The van der Waals surface area contributed by atoms with E-state index in [1.54, 1.807) is 10.9 Å². The first-order valence-electron chi connectivity index (χ1n) is 12.6. The third-order valence-electron chi connectivity index (χ3n) is 6.98. The van der Waals surface area contributed by atoms with Crippen LogP contribution in [0.5, 0.6) is 0 Å². The van der Waals surface area contributed by atoms with Crippen LogP contribution in [-0.4, -0.2) is 57.4 Å². The fourth-order valence-corrected chi connectivity index (χ4v) is 6.21. The first kappa shape index (κ1) is 27.4. The lowest BCUT2D eigenvalue weighted by Gasteiger charge is -2.22. The van der Waals surface area contributed by atoms with Gasteiger partial charge in [-0.2, -0.15) is 0 Å². The van der Waals surface area contributed by atoms with Crippen molar-refractivity contribution in [2.45, 2.75) is 26.4 Å². The molecule has 3 heterocycles. The highest BCUT2D eigenvalue weighted by molar-refractivity contribution is 9.10. The highest BCUT2D eigenvalue weighted by atomic mass is 79.9. The monoisotopic (exact) mass is 614 g/mol. The van der Waals surface area contributed by atoms with Crippen LogP contribution < -0.4 is 5.73 Å². The molecule has 0 saturated carbocycles. The smallest absolute Gasteiger partial charge is 0.253 e. The number of hydrogen-bond donors (Lipinski definition) is 1. The second kappa shape index (κ2) is 11.5. The minimum absolute atomic E-state index is 0.00769. The molecule has 5 rings (SSSR count). The van der Waals surface area contributed by atoms with Crippen molar-refractivity contribution in [3.05, 3.63) is 85.6 Å². The van der Waals surface area contributed by atoms with E-state index in [1.807, 2.05) is 47.5 Å². The summed E-state index contributed by atoms with van der Waals surface area (Å²) in [6.07, 6.45) is 2.67. The number of amides is 1.